The lowest BCUT2D eigenvalue weighted by atomic mass is 9.82. The number of hydrogen-bond acceptors (Lipinski definition) is 10. The van der Waals surface area contributed by atoms with Crippen molar-refractivity contribution in [1.29, 1.82) is 0 Å². The molecular weight excluding hydrogens is 720 g/mol. The van der Waals surface area contributed by atoms with Gasteiger partial charge in [-0.2, -0.15) is 0 Å². The molecule has 4 N–H and O–H groups in total. The number of carbonyl (C=O) groups excluding carboxylic acids is 2. The Morgan fingerprint density at radius 2 is 1.58 bits per heavy atom. The second kappa shape index (κ2) is 20.5. The monoisotopic (exact) mass is 768 g/mol. The van der Waals surface area contributed by atoms with Gasteiger partial charge in [0, 0.05) is 28.7 Å². The summed E-state index contributed by atoms with van der Waals surface area (Å²) in [5.74, 6) is -0.968. The summed E-state index contributed by atoms with van der Waals surface area (Å²) in [7, 11) is -0.496. The Kier molecular flexibility index (Phi) is 16.5. The van der Waals surface area contributed by atoms with E-state index in [-0.39, 0.29) is 24.8 Å². The van der Waals surface area contributed by atoms with Crippen LogP contribution in [0.15, 0.2) is 79.1 Å². The summed E-state index contributed by atoms with van der Waals surface area (Å²) in [5.41, 5.74) is 6.69. The summed E-state index contributed by atoms with van der Waals surface area (Å²) < 4.78 is 35.8. The van der Waals surface area contributed by atoms with E-state index in [1.165, 1.54) is 6.33 Å². The van der Waals surface area contributed by atoms with Crippen molar-refractivity contribution in [1.82, 2.24) is 25.3 Å². The van der Waals surface area contributed by atoms with Crippen LogP contribution >= 0.6 is 11.6 Å². The highest BCUT2D eigenvalue weighted by atomic mass is 35.5. The fourth-order valence-corrected chi connectivity index (χ4v) is 6.42. The van der Waals surface area contributed by atoms with Gasteiger partial charge in [-0.3, -0.25) is 20.2 Å². The maximum absolute atomic E-state index is 13.1. The normalized spacial score (nSPS) is 12.7. The van der Waals surface area contributed by atoms with Gasteiger partial charge in [-0.25, -0.2) is 23.9 Å². The number of carbonyl (C=O) groups is 2. The van der Waals surface area contributed by atoms with Crippen LogP contribution in [0.25, 0.3) is 17.0 Å². The Hall–Kier alpha value is -4.76. The lowest BCUT2D eigenvalue weighted by Gasteiger charge is -2.29. The number of nitrogens with zero attached hydrogens (tertiary/aromatic N) is 3. The number of rotatable bonds is 16. The van der Waals surface area contributed by atoms with Gasteiger partial charge in [0.05, 0.1) is 37.8 Å². The number of anilines is 2. The summed E-state index contributed by atoms with van der Waals surface area (Å²) in [5, 5.41) is 14.0. The molecule has 0 radical (unpaired) electrons. The first kappa shape index (κ1) is 42.7. The largest absolute Gasteiger partial charge is 0.493 e. The molecule has 3 aromatic carbocycles. The van der Waals surface area contributed by atoms with Crippen LogP contribution in [0, 0.1) is 23.7 Å². The molecule has 4 aromatic rings. The number of hydrogen-bond donors (Lipinski definition) is 4. The molecule has 0 aliphatic heterocycles. The third-order valence-electron chi connectivity index (χ3n) is 7.89. The highest BCUT2D eigenvalue weighted by Crippen LogP contribution is 2.34. The molecule has 0 unspecified atom stereocenters. The Labute approximate surface area is 316 Å². The van der Waals surface area contributed by atoms with E-state index in [0.717, 1.165) is 32.8 Å². The second-order valence-electron chi connectivity index (χ2n) is 13.1. The van der Waals surface area contributed by atoms with Crippen molar-refractivity contribution in [2.24, 2.45) is 23.7 Å². The van der Waals surface area contributed by atoms with Gasteiger partial charge in [-0.1, -0.05) is 87.8 Å². The number of amides is 2. The minimum atomic E-state index is -3.68. The molecule has 2 amide bonds. The average Bonchev–Trinajstić information content (AvgIpc) is 3.11. The van der Waals surface area contributed by atoms with E-state index < -0.39 is 33.7 Å². The molecule has 0 aliphatic carbocycles. The standard InChI is InChI=1S/C22H35N3O5S.C16H14ClN3O2/c1-16(2)14-20(21(26)23-25(15-17(3)4)31(5,29)30)19(22(27)24-28)13-9-12-18-10-7-6-8-11-18;1-21-14-7-12-13(8-15(14)22-2)18-9-19-16(12)20-11-5-3-4-10(17)6-11/h6-12,16-17,19-20,28H,13-15H2,1-5H3,(H,23,26)(H,24,27);3-9H,1-2H3,(H,18,19,20)/b12-9+;/t19-,20+;/m0./s1. The van der Waals surface area contributed by atoms with Gasteiger partial charge in [0.25, 0.3) is 0 Å². The Bertz CT molecular complexity index is 1940. The van der Waals surface area contributed by atoms with Crippen LogP contribution < -0.4 is 25.7 Å². The zero-order valence-corrected chi connectivity index (χ0v) is 32.6. The van der Waals surface area contributed by atoms with Crippen LogP contribution in [-0.2, 0) is 19.6 Å². The molecule has 0 saturated carbocycles. The number of hydroxylamine groups is 1. The van der Waals surface area contributed by atoms with Gasteiger partial charge in [0.15, 0.2) is 11.5 Å². The maximum Gasteiger partial charge on any atom is 0.247 e. The quantitative estimate of drug-likeness (QED) is 0.0697. The first-order chi connectivity index (χ1) is 25.2. The summed E-state index contributed by atoms with van der Waals surface area (Å²) in [6, 6.07) is 20.6. The number of methoxy groups -OCH3 is 2. The second-order valence-corrected chi connectivity index (χ2v) is 15.5. The number of hydrazine groups is 1. The molecule has 4 rings (SSSR count). The van der Waals surface area contributed by atoms with Crippen molar-refractivity contribution >= 4 is 61.9 Å². The molecule has 2 atom stereocenters. The van der Waals surface area contributed by atoms with Gasteiger partial charge in [0.2, 0.25) is 21.8 Å². The smallest absolute Gasteiger partial charge is 0.247 e. The van der Waals surface area contributed by atoms with Gasteiger partial charge < -0.3 is 14.8 Å². The molecule has 0 aliphatic rings. The number of ether oxygens (including phenoxy) is 2. The highest BCUT2D eigenvalue weighted by Gasteiger charge is 2.35. The Morgan fingerprint density at radius 3 is 2.17 bits per heavy atom. The van der Waals surface area contributed by atoms with Crippen LogP contribution in [0.3, 0.4) is 0 Å². The number of sulfonamides is 1. The van der Waals surface area contributed by atoms with E-state index >= 15 is 0 Å². The number of benzene rings is 3. The summed E-state index contributed by atoms with van der Waals surface area (Å²) in [6.45, 7) is 7.62. The van der Waals surface area contributed by atoms with E-state index in [4.69, 9.17) is 21.1 Å². The molecule has 1 aromatic heterocycles. The minimum Gasteiger partial charge on any atom is -0.493 e. The van der Waals surface area contributed by atoms with Gasteiger partial charge in [0.1, 0.15) is 12.1 Å². The molecule has 1 heterocycles. The molecule has 0 saturated heterocycles. The third-order valence-corrected chi connectivity index (χ3v) is 9.16. The lowest BCUT2D eigenvalue weighted by molar-refractivity contribution is -0.141. The van der Waals surface area contributed by atoms with Crippen LogP contribution in [0.2, 0.25) is 5.02 Å². The zero-order valence-electron chi connectivity index (χ0n) is 31.0. The number of halogens is 1. The van der Waals surface area contributed by atoms with E-state index in [2.05, 4.69) is 20.7 Å². The van der Waals surface area contributed by atoms with Crippen LogP contribution in [0.5, 0.6) is 11.5 Å². The number of fused-ring (bicyclic) bond motifs is 1. The first-order valence-electron chi connectivity index (χ1n) is 17.0. The van der Waals surface area contributed by atoms with Crippen molar-refractivity contribution in [3.8, 4) is 11.5 Å². The molecule has 0 fully saturated rings. The number of allylic oxidation sites excluding steroid dienone is 1. The molecule has 15 heteroatoms. The summed E-state index contributed by atoms with van der Waals surface area (Å²) >= 11 is 6.01. The lowest BCUT2D eigenvalue weighted by Crippen LogP contribution is -2.51. The molecule has 0 bridgehead atoms. The van der Waals surface area contributed by atoms with Crippen molar-refractivity contribution in [3.63, 3.8) is 0 Å². The molecule has 13 nitrogen and oxygen atoms in total. The van der Waals surface area contributed by atoms with Crippen molar-refractivity contribution in [3.05, 3.63) is 89.7 Å². The summed E-state index contributed by atoms with van der Waals surface area (Å²) in [6.07, 6.45) is 6.69. The first-order valence-corrected chi connectivity index (χ1v) is 19.2. The van der Waals surface area contributed by atoms with Crippen molar-refractivity contribution < 1.29 is 32.7 Å². The SMILES string of the molecule is CC(C)C[C@@H](C(=O)NN(CC(C)C)S(C)(=O)=O)[C@H](C/C=C/c1ccccc1)C(=O)NO.COc1cc2ncnc(Nc3cccc(Cl)c3)c2cc1OC. The van der Waals surface area contributed by atoms with Crippen molar-refractivity contribution in [2.45, 2.75) is 40.5 Å². The molecule has 0 spiro atoms. The van der Waals surface area contributed by atoms with E-state index in [9.17, 15) is 23.2 Å². The molecular formula is C38H49ClN6O7S. The van der Waals surface area contributed by atoms with E-state index in [1.54, 1.807) is 25.8 Å². The predicted molar refractivity (Wildman–Crippen MR) is 208 cm³/mol. The number of aromatic nitrogens is 2. The zero-order chi connectivity index (χ0) is 39.1. The minimum absolute atomic E-state index is 0.0103. The fraction of sp³-hybridized carbons (Fsp3) is 0.368. The van der Waals surface area contributed by atoms with Crippen LogP contribution in [0.1, 0.15) is 46.1 Å². The van der Waals surface area contributed by atoms with Gasteiger partial charge in [-0.05, 0) is 54.5 Å². The van der Waals surface area contributed by atoms with Gasteiger partial charge in [-0.15, -0.1) is 4.41 Å². The topological polar surface area (TPSA) is 172 Å². The summed E-state index contributed by atoms with van der Waals surface area (Å²) in [4.78, 5) is 34.1. The number of nitrogens with one attached hydrogen (secondary N) is 3. The average molecular weight is 769 g/mol. The highest BCUT2D eigenvalue weighted by molar-refractivity contribution is 7.88. The van der Waals surface area contributed by atoms with Crippen LogP contribution in [0.4, 0.5) is 11.5 Å². The third kappa shape index (κ3) is 13.3. The van der Waals surface area contributed by atoms with Gasteiger partial charge >= 0.3 is 0 Å². The molecule has 286 valence electrons. The Morgan fingerprint density at radius 1 is 0.906 bits per heavy atom. The fourth-order valence-electron chi connectivity index (χ4n) is 5.40. The van der Waals surface area contributed by atoms with Crippen LogP contribution in [-0.4, -0.2) is 66.8 Å². The predicted octanol–water partition coefficient (Wildman–Crippen LogP) is 6.87. The Balaban J connectivity index is 0.000000300. The van der Waals surface area contributed by atoms with E-state index in [1.807, 2.05) is 101 Å². The van der Waals surface area contributed by atoms with Crippen molar-refractivity contribution in [2.75, 3.05) is 32.3 Å². The maximum atomic E-state index is 13.1. The molecule has 53 heavy (non-hydrogen) atoms. The van der Waals surface area contributed by atoms with E-state index in [0.29, 0.717) is 28.8 Å².